The van der Waals surface area contributed by atoms with Gasteiger partial charge >= 0.3 is 6.09 Å². The highest BCUT2D eigenvalue weighted by atomic mass is 16.6. The number of phenolic OH excluding ortho intramolecular Hbond substituents is 1. The second-order valence-electron chi connectivity index (χ2n) is 4.10. The van der Waals surface area contributed by atoms with E-state index in [1.807, 2.05) is 0 Å². The van der Waals surface area contributed by atoms with Crippen LogP contribution >= 0.6 is 0 Å². The standard InChI is InChI=1S/C11H14N2O3/c1-11(6-12)7-13(10(15)16-11)8-4-2-3-5-9(8)14/h2-5,14H,6-7,12H2,1H3. The van der Waals surface area contributed by atoms with E-state index >= 15 is 0 Å². The minimum absolute atomic E-state index is 0.0562. The van der Waals surface area contributed by atoms with Crippen LogP contribution in [-0.4, -0.2) is 29.9 Å². The molecule has 1 fully saturated rings. The van der Waals surface area contributed by atoms with Gasteiger partial charge in [-0.05, 0) is 19.1 Å². The normalized spacial score (nSPS) is 24.6. The number of para-hydroxylation sites is 2. The van der Waals surface area contributed by atoms with Gasteiger partial charge in [-0.1, -0.05) is 12.1 Å². The number of nitrogens with two attached hydrogens (primary N) is 1. The molecule has 1 saturated heterocycles. The predicted octanol–water partition coefficient (Wildman–Crippen LogP) is 1.07. The fourth-order valence-corrected chi connectivity index (χ4v) is 1.68. The molecule has 5 heteroatoms. The van der Waals surface area contributed by atoms with Crippen LogP contribution in [0.1, 0.15) is 6.92 Å². The molecule has 0 bridgehead atoms. The lowest BCUT2D eigenvalue weighted by molar-refractivity contribution is 0.0789. The van der Waals surface area contributed by atoms with Crippen LogP contribution in [0.15, 0.2) is 24.3 Å². The Morgan fingerprint density at radius 1 is 1.56 bits per heavy atom. The summed E-state index contributed by atoms with van der Waals surface area (Å²) < 4.78 is 5.17. The Hall–Kier alpha value is -1.75. The zero-order valence-corrected chi connectivity index (χ0v) is 9.01. The fraction of sp³-hybridized carbons (Fsp3) is 0.364. The summed E-state index contributed by atoms with van der Waals surface area (Å²) in [6, 6.07) is 6.64. The molecule has 1 aromatic carbocycles. The maximum absolute atomic E-state index is 11.6. The van der Waals surface area contributed by atoms with E-state index in [1.165, 1.54) is 11.0 Å². The first-order chi connectivity index (χ1) is 7.56. The summed E-state index contributed by atoms with van der Waals surface area (Å²) in [5.41, 5.74) is 5.31. The van der Waals surface area contributed by atoms with Crippen molar-refractivity contribution in [1.82, 2.24) is 0 Å². The molecule has 2 rings (SSSR count). The minimum Gasteiger partial charge on any atom is -0.506 e. The second-order valence-corrected chi connectivity index (χ2v) is 4.10. The number of aromatic hydroxyl groups is 1. The largest absolute Gasteiger partial charge is 0.506 e. The van der Waals surface area contributed by atoms with Gasteiger partial charge in [0.15, 0.2) is 0 Å². The molecule has 1 atom stereocenters. The lowest BCUT2D eigenvalue weighted by Gasteiger charge is -2.19. The van der Waals surface area contributed by atoms with Crippen molar-refractivity contribution in [3.63, 3.8) is 0 Å². The molecule has 86 valence electrons. The van der Waals surface area contributed by atoms with Gasteiger partial charge in [0.25, 0.3) is 0 Å². The molecule has 0 aliphatic carbocycles. The van der Waals surface area contributed by atoms with Crippen molar-refractivity contribution >= 4 is 11.8 Å². The van der Waals surface area contributed by atoms with E-state index in [9.17, 15) is 9.90 Å². The number of nitrogens with zero attached hydrogens (tertiary/aromatic N) is 1. The average molecular weight is 222 g/mol. The van der Waals surface area contributed by atoms with Gasteiger partial charge in [0.1, 0.15) is 11.4 Å². The highest BCUT2D eigenvalue weighted by Crippen LogP contribution is 2.32. The lowest BCUT2D eigenvalue weighted by atomic mass is 10.1. The molecule has 1 amide bonds. The van der Waals surface area contributed by atoms with Crippen molar-refractivity contribution in [2.24, 2.45) is 5.73 Å². The molecule has 1 unspecified atom stereocenters. The number of cyclic esters (lactones) is 1. The summed E-state index contributed by atoms with van der Waals surface area (Å²) >= 11 is 0. The quantitative estimate of drug-likeness (QED) is 0.784. The second kappa shape index (κ2) is 3.68. The Morgan fingerprint density at radius 2 is 2.25 bits per heavy atom. The van der Waals surface area contributed by atoms with E-state index in [0.717, 1.165) is 0 Å². The first kappa shape index (κ1) is 10.8. The SMILES string of the molecule is CC1(CN)CN(c2ccccc2O)C(=O)O1. The smallest absolute Gasteiger partial charge is 0.415 e. The van der Waals surface area contributed by atoms with Gasteiger partial charge in [-0.3, -0.25) is 4.90 Å². The third kappa shape index (κ3) is 1.69. The van der Waals surface area contributed by atoms with Crippen LogP contribution in [0.3, 0.4) is 0 Å². The number of hydrogen-bond donors (Lipinski definition) is 2. The maximum atomic E-state index is 11.6. The number of ether oxygens (including phenoxy) is 1. The average Bonchev–Trinajstić information content (AvgIpc) is 2.56. The molecule has 0 saturated carbocycles. The minimum atomic E-state index is -0.681. The first-order valence-corrected chi connectivity index (χ1v) is 5.04. The Morgan fingerprint density at radius 3 is 2.81 bits per heavy atom. The summed E-state index contributed by atoms with van der Waals surface area (Å²) in [7, 11) is 0. The summed E-state index contributed by atoms with van der Waals surface area (Å²) in [6.07, 6.45) is -0.477. The summed E-state index contributed by atoms with van der Waals surface area (Å²) in [5.74, 6) is 0.0562. The molecule has 1 aromatic rings. The van der Waals surface area contributed by atoms with Gasteiger partial charge in [0, 0.05) is 6.54 Å². The monoisotopic (exact) mass is 222 g/mol. The number of amides is 1. The number of phenols is 1. The van der Waals surface area contributed by atoms with Gasteiger partial charge in [0.2, 0.25) is 0 Å². The number of rotatable bonds is 2. The number of hydrogen-bond acceptors (Lipinski definition) is 4. The molecule has 5 nitrogen and oxygen atoms in total. The zero-order chi connectivity index (χ0) is 11.8. The fourth-order valence-electron chi connectivity index (χ4n) is 1.68. The molecule has 0 aromatic heterocycles. The molecule has 1 aliphatic rings. The molecule has 1 heterocycles. The number of benzene rings is 1. The van der Waals surface area contributed by atoms with Gasteiger partial charge in [-0.25, -0.2) is 4.79 Å². The van der Waals surface area contributed by atoms with E-state index in [4.69, 9.17) is 10.5 Å². The Labute approximate surface area is 93.4 Å². The van der Waals surface area contributed by atoms with Crippen molar-refractivity contribution in [1.29, 1.82) is 0 Å². The lowest BCUT2D eigenvalue weighted by Crippen LogP contribution is -2.38. The number of anilines is 1. The summed E-state index contributed by atoms with van der Waals surface area (Å²) in [6.45, 7) is 2.37. The molecule has 1 aliphatic heterocycles. The Kier molecular flexibility index (Phi) is 2.47. The van der Waals surface area contributed by atoms with Crippen LogP contribution < -0.4 is 10.6 Å². The van der Waals surface area contributed by atoms with Crippen LogP contribution in [0.25, 0.3) is 0 Å². The molecule has 0 spiro atoms. The van der Waals surface area contributed by atoms with Crippen molar-refractivity contribution in [3.05, 3.63) is 24.3 Å². The van der Waals surface area contributed by atoms with Crippen molar-refractivity contribution < 1.29 is 14.6 Å². The van der Waals surface area contributed by atoms with Crippen LogP contribution in [0.2, 0.25) is 0 Å². The Bertz CT molecular complexity index is 421. The van der Waals surface area contributed by atoms with E-state index in [1.54, 1.807) is 25.1 Å². The van der Waals surface area contributed by atoms with Crippen LogP contribution in [0.5, 0.6) is 5.75 Å². The predicted molar refractivity (Wildman–Crippen MR) is 59.4 cm³/mol. The third-order valence-electron chi connectivity index (χ3n) is 2.65. The highest BCUT2D eigenvalue weighted by molar-refractivity contribution is 5.92. The van der Waals surface area contributed by atoms with Crippen molar-refractivity contribution in [2.75, 3.05) is 18.0 Å². The Balaban J connectivity index is 2.31. The first-order valence-electron chi connectivity index (χ1n) is 5.04. The summed E-state index contributed by atoms with van der Waals surface area (Å²) in [4.78, 5) is 13.0. The van der Waals surface area contributed by atoms with E-state index < -0.39 is 11.7 Å². The van der Waals surface area contributed by atoms with E-state index in [2.05, 4.69) is 0 Å². The van der Waals surface area contributed by atoms with E-state index in [-0.39, 0.29) is 12.3 Å². The third-order valence-corrected chi connectivity index (χ3v) is 2.65. The van der Waals surface area contributed by atoms with Crippen LogP contribution in [0, 0.1) is 0 Å². The number of carbonyl (C=O) groups excluding carboxylic acids is 1. The molecular weight excluding hydrogens is 208 g/mol. The van der Waals surface area contributed by atoms with Gasteiger partial charge in [-0.15, -0.1) is 0 Å². The molecule has 0 radical (unpaired) electrons. The van der Waals surface area contributed by atoms with Crippen LogP contribution in [-0.2, 0) is 4.74 Å². The van der Waals surface area contributed by atoms with Crippen molar-refractivity contribution in [2.45, 2.75) is 12.5 Å². The van der Waals surface area contributed by atoms with Gasteiger partial charge in [-0.2, -0.15) is 0 Å². The maximum Gasteiger partial charge on any atom is 0.415 e. The van der Waals surface area contributed by atoms with Gasteiger partial charge < -0.3 is 15.6 Å². The molecular formula is C11H14N2O3. The van der Waals surface area contributed by atoms with Gasteiger partial charge in [0.05, 0.1) is 12.2 Å². The van der Waals surface area contributed by atoms with E-state index in [0.29, 0.717) is 12.2 Å². The van der Waals surface area contributed by atoms with Crippen molar-refractivity contribution in [3.8, 4) is 5.75 Å². The number of carbonyl (C=O) groups is 1. The zero-order valence-electron chi connectivity index (χ0n) is 9.01. The van der Waals surface area contributed by atoms with Crippen LogP contribution in [0.4, 0.5) is 10.5 Å². The molecule has 16 heavy (non-hydrogen) atoms. The topological polar surface area (TPSA) is 75.8 Å². The highest BCUT2D eigenvalue weighted by Gasteiger charge is 2.41. The summed E-state index contributed by atoms with van der Waals surface area (Å²) in [5, 5.41) is 9.65. The molecule has 3 N–H and O–H groups in total.